The molecule has 0 saturated heterocycles. The Hall–Kier alpha value is -0.960. The maximum Gasteiger partial charge on any atom is 0.158 e. The number of aliphatic hydroxyl groups is 1. The van der Waals surface area contributed by atoms with Crippen LogP contribution in [0.5, 0.6) is 0 Å². The fourth-order valence-corrected chi connectivity index (χ4v) is 1.08. The van der Waals surface area contributed by atoms with Gasteiger partial charge in [-0.25, -0.2) is 0 Å². The fourth-order valence-electron chi connectivity index (χ4n) is 1.08. The minimum atomic E-state index is -1.16. The smallest absolute Gasteiger partial charge is 0.158 e. The lowest BCUT2D eigenvalue weighted by Crippen LogP contribution is -2.32. The summed E-state index contributed by atoms with van der Waals surface area (Å²) in [7, 11) is 0. The molecule has 0 spiro atoms. The average Bonchev–Trinajstić information content (AvgIpc) is 2.04. The van der Waals surface area contributed by atoms with Crippen molar-refractivity contribution in [3.05, 3.63) is 12.2 Å². The van der Waals surface area contributed by atoms with Gasteiger partial charge in [-0.3, -0.25) is 9.59 Å². The summed E-state index contributed by atoms with van der Waals surface area (Å²) in [4.78, 5) is 21.9. The zero-order valence-corrected chi connectivity index (χ0v) is 8.28. The van der Waals surface area contributed by atoms with Crippen LogP contribution in [0.2, 0.25) is 0 Å². The van der Waals surface area contributed by atoms with Crippen LogP contribution in [0.25, 0.3) is 0 Å². The van der Waals surface area contributed by atoms with Crippen molar-refractivity contribution in [3.63, 3.8) is 0 Å². The Balaban J connectivity index is 4.41. The molecule has 2 atom stereocenters. The summed E-state index contributed by atoms with van der Waals surface area (Å²) in [6, 6.07) is 0. The van der Waals surface area contributed by atoms with Crippen molar-refractivity contribution in [2.24, 2.45) is 5.92 Å². The molecular formula is C10H16O3. The van der Waals surface area contributed by atoms with E-state index in [2.05, 4.69) is 0 Å². The van der Waals surface area contributed by atoms with Gasteiger partial charge in [0.1, 0.15) is 11.9 Å². The number of hydrogen-bond acceptors (Lipinski definition) is 3. The zero-order chi connectivity index (χ0) is 10.4. The molecule has 0 aliphatic rings. The number of rotatable bonds is 5. The van der Waals surface area contributed by atoms with Crippen molar-refractivity contribution in [1.29, 1.82) is 0 Å². The minimum Gasteiger partial charge on any atom is -0.385 e. The molecule has 0 aliphatic carbocycles. The first-order chi connectivity index (χ1) is 6.00. The summed E-state index contributed by atoms with van der Waals surface area (Å²) < 4.78 is 0. The molecule has 13 heavy (non-hydrogen) atoms. The van der Waals surface area contributed by atoms with Crippen LogP contribution < -0.4 is 0 Å². The standard InChI is InChI=1S/C10H16O3/c1-4-5-6-9(7(2)11)10(13)8(3)12/h4-5,9-10,13H,6H2,1-3H3/b5-4+/t9-,10+/m0/s1. The number of hydrogen-bond donors (Lipinski definition) is 1. The van der Waals surface area contributed by atoms with Gasteiger partial charge in [-0.05, 0) is 27.2 Å². The van der Waals surface area contributed by atoms with Crippen molar-refractivity contribution in [2.75, 3.05) is 0 Å². The molecule has 74 valence electrons. The average molecular weight is 184 g/mol. The number of carbonyl (C=O) groups is 2. The molecule has 0 aromatic carbocycles. The van der Waals surface area contributed by atoms with Gasteiger partial charge >= 0.3 is 0 Å². The van der Waals surface area contributed by atoms with Crippen LogP contribution in [0.1, 0.15) is 27.2 Å². The van der Waals surface area contributed by atoms with Crippen LogP contribution in [0, 0.1) is 5.92 Å². The summed E-state index contributed by atoms with van der Waals surface area (Å²) >= 11 is 0. The summed E-state index contributed by atoms with van der Waals surface area (Å²) in [5.74, 6) is -1.10. The first kappa shape index (κ1) is 12.0. The topological polar surface area (TPSA) is 54.4 Å². The predicted molar refractivity (Wildman–Crippen MR) is 50.3 cm³/mol. The Kier molecular flexibility index (Phi) is 5.23. The molecular weight excluding hydrogens is 168 g/mol. The van der Waals surface area contributed by atoms with Gasteiger partial charge in [-0.1, -0.05) is 12.2 Å². The van der Waals surface area contributed by atoms with Crippen LogP contribution in [-0.2, 0) is 9.59 Å². The molecule has 0 saturated carbocycles. The van der Waals surface area contributed by atoms with Crippen LogP contribution in [0.4, 0.5) is 0 Å². The maximum atomic E-state index is 11.0. The third-order valence-corrected chi connectivity index (χ3v) is 1.95. The third kappa shape index (κ3) is 3.99. The van der Waals surface area contributed by atoms with E-state index in [0.717, 1.165) is 0 Å². The number of allylic oxidation sites excluding steroid dienone is 2. The molecule has 0 aromatic heterocycles. The molecule has 0 aromatic rings. The Labute approximate surface area is 78.5 Å². The van der Waals surface area contributed by atoms with Gasteiger partial charge in [-0.2, -0.15) is 0 Å². The number of aliphatic hydroxyl groups excluding tert-OH is 1. The highest BCUT2D eigenvalue weighted by atomic mass is 16.3. The molecule has 0 amide bonds. The summed E-state index contributed by atoms with van der Waals surface area (Å²) in [5.41, 5.74) is 0. The molecule has 0 aliphatic heterocycles. The van der Waals surface area contributed by atoms with Crippen molar-refractivity contribution in [2.45, 2.75) is 33.3 Å². The number of Topliss-reactive ketones (excluding diaryl/α,β-unsaturated/α-hetero) is 2. The molecule has 0 unspecified atom stereocenters. The van der Waals surface area contributed by atoms with Crippen molar-refractivity contribution in [1.82, 2.24) is 0 Å². The first-order valence-electron chi connectivity index (χ1n) is 4.30. The second kappa shape index (κ2) is 5.65. The van der Waals surface area contributed by atoms with E-state index in [0.29, 0.717) is 6.42 Å². The summed E-state index contributed by atoms with van der Waals surface area (Å²) in [6.07, 6.45) is 2.84. The molecule has 0 fully saturated rings. The molecule has 0 heterocycles. The summed E-state index contributed by atoms with van der Waals surface area (Å²) in [5, 5.41) is 9.38. The van der Waals surface area contributed by atoms with E-state index in [1.807, 2.05) is 6.92 Å². The van der Waals surface area contributed by atoms with Crippen molar-refractivity contribution >= 4 is 11.6 Å². The van der Waals surface area contributed by atoms with Gasteiger partial charge in [0.05, 0.1) is 5.92 Å². The van der Waals surface area contributed by atoms with E-state index >= 15 is 0 Å². The quantitative estimate of drug-likeness (QED) is 0.651. The molecule has 3 nitrogen and oxygen atoms in total. The number of ketones is 2. The first-order valence-corrected chi connectivity index (χ1v) is 4.30. The van der Waals surface area contributed by atoms with E-state index in [9.17, 15) is 14.7 Å². The molecule has 0 radical (unpaired) electrons. The fraction of sp³-hybridized carbons (Fsp3) is 0.600. The van der Waals surface area contributed by atoms with Crippen molar-refractivity contribution < 1.29 is 14.7 Å². The Morgan fingerprint density at radius 1 is 1.31 bits per heavy atom. The van der Waals surface area contributed by atoms with E-state index in [-0.39, 0.29) is 11.6 Å². The van der Waals surface area contributed by atoms with Crippen LogP contribution in [-0.4, -0.2) is 22.8 Å². The second-order valence-corrected chi connectivity index (χ2v) is 3.08. The Morgan fingerprint density at radius 2 is 1.85 bits per heavy atom. The Bertz CT molecular complexity index is 218. The van der Waals surface area contributed by atoms with Crippen LogP contribution >= 0.6 is 0 Å². The van der Waals surface area contributed by atoms with Gasteiger partial charge in [0.2, 0.25) is 0 Å². The number of carbonyl (C=O) groups excluding carboxylic acids is 2. The van der Waals surface area contributed by atoms with E-state index < -0.39 is 12.0 Å². The molecule has 1 N–H and O–H groups in total. The third-order valence-electron chi connectivity index (χ3n) is 1.95. The molecule has 0 bridgehead atoms. The van der Waals surface area contributed by atoms with Gasteiger partial charge in [0.15, 0.2) is 5.78 Å². The molecule has 3 heteroatoms. The van der Waals surface area contributed by atoms with Gasteiger partial charge in [0.25, 0.3) is 0 Å². The van der Waals surface area contributed by atoms with Crippen molar-refractivity contribution in [3.8, 4) is 0 Å². The summed E-state index contributed by atoms with van der Waals surface area (Å²) in [6.45, 7) is 4.51. The lowest BCUT2D eigenvalue weighted by atomic mass is 9.92. The highest BCUT2D eigenvalue weighted by Crippen LogP contribution is 2.12. The zero-order valence-electron chi connectivity index (χ0n) is 8.28. The van der Waals surface area contributed by atoms with Gasteiger partial charge in [0, 0.05) is 0 Å². The Morgan fingerprint density at radius 3 is 2.15 bits per heavy atom. The van der Waals surface area contributed by atoms with E-state index in [4.69, 9.17) is 0 Å². The second-order valence-electron chi connectivity index (χ2n) is 3.08. The molecule has 0 rings (SSSR count). The van der Waals surface area contributed by atoms with Crippen LogP contribution in [0.3, 0.4) is 0 Å². The monoisotopic (exact) mass is 184 g/mol. The minimum absolute atomic E-state index is 0.152. The van der Waals surface area contributed by atoms with Gasteiger partial charge < -0.3 is 5.11 Å². The van der Waals surface area contributed by atoms with Gasteiger partial charge in [-0.15, -0.1) is 0 Å². The predicted octanol–water partition coefficient (Wildman–Crippen LogP) is 1.11. The largest absolute Gasteiger partial charge is 0.385 e. The maximum absolute atomic E-state index is 11.0. The normalized spacial score (nSPS) is 15.7. The van der Waals surface area contributed by atoms with E-state index in [1.165, 1.54) is 13.8 Å². The van der Waals surface area contributed by atoms with Crippen LogP contribution in [0.15, 0.2) is 12.2 Å². The lowest BCUT2D eigenvalue weighted by molar-refractivity contribution is -0.135. The SMILES string of the molecule is C/C=C/C[C@@H](C(C)=O)[C@H](O)C(C)=O. The highest BCUT2D eigenvalue weighted by molar-refractivity contribution is 5.89. The highest BCUT2D eigenvalue weighted by Gasteiger charge is 2.25. The lowest BCUT2D eigenvalue weighted by Gasteiger charge is -2.15. The van der Waals surface area contributed by atoms with E-state index in [1.54, 1.807) is 12.2 Å².